The smallest absolute Gasteiger partial charge is 0.131 e. The lowest BCUT2D eigenvalue weighted by Crippen LogP contribution is -2.06. The number of hydrogen-bond acceptors (Lipinski definition) is 2. The van der Waals surface area contributed by atoms with E-state index in [9.17, 15) is 5.11 Å². The molecular formula is C14H12O2. The van der Waals surface area contributed by atoms with Gasteiger partial charge in [0.25, 0.3) is 0 Å². The zero-order chi connectivity index (χ0) is 11.1. The summed E-state index contributed by atoms with van der Waals surface area (Å²) in [6.45, 7) is 2.12. The standard InChI is InChI=1S/C14H12O2/c1-9-11-4-2-3-5-13(11)16-14-7-6-10(15)8-12(9)14/h2-9,15H,1H3. The van der Waals surface area contributed by atoms with Gasteiger partial charge in [-0.15, -0.1) is 0 Å². The van der Waals surface area contributed by atoms with Gasteiger partial charge in [0, 0.05) is 17.0 Å². The van der Waals surface area contributed by atoms with Gasteiger partial charge in [0.05, 0.1) is 0 Å². The average molecular weight is 212 g/mol. The highest BCUT2D eigenvalue weighted by Gasteiger charge is 2.23. The van der Waals surface area contributed by atoms with Crippen LogP contribution in [0.3, 0.4) is 0 Å². The molecule has 1 aliphatic heterocycles. The van der Waals surface area contributed by atoms with Crippen LogP contribution in [0.4, 0.5) is 0 Å². The van der Waals surface area contributed by atoms with E-state index in [1.54, 1.807) is 12.1 Å². The van der Waals surface area contributed by atoms with Crippen molar-refractivity contribution in [3.8, 4) is 17.2 Å². The number of aromatic hydroxyl groups is 1. The zero-order valence-corrected chi connectivity index (χ0v) is 8.97. The van der Waals surface area contributed by atoms with Gasteiger partial charge in [-0.3, -0.25) is 0 Å². The molecule has 16 heavy (non-hydrogen) atoms. The second-order valence-electron chi connectivity index (χ2n) is 4.08. The molecule has 1 unspecified atom stereocenters. The van der Waals surface area contributed by atoms with Crippen molar-refractivity contribution in [3.05, 3.63) is 53.6 Å². The van der Waals surface area contributed by atoms with Gasteiger partial charge in [-0.1, -0.05) is 25.1 Å². The molecule has 1 N–H and O–H groups in total. The molecule has 0 aromatic heterocycles. The third-order valence-electron chi connectivity index (χ3n) is 3.07. The molecule has 1 heterocycles. The molecule has 0 amide bonds. The summed E-state index contributed by atoms with van der Waals surface area (Å²) in [5.74, 6) is 2.29. The Morgan fingerprint density at radius 2 is 1.75 bits per heavy atom. The van der Waals surface area contributed by atoms with Crippen molar-refractivity contribution in [3.63, 3.8) is 0 Å². The zero-order valence-electron chi connectivity index (χ0n) is 8.97. The van der Waals surface area contributed by atoms with Gasteiger partial charge in [0.15, 0.2) is 0 Å². The average Bonchev–Trinajstić information content (AvgIpc) is 2.31. The number of benzene rings is 2. The Kier molecular flexibility index (Phi) is 1.90. The van der Waals surface area contributed by atoms with E-state index in [0.717, 1.165) is 17.1 Å². The van der Waals surface area contributed by atoms with Gasteiger partial charge < -0.3 is 9.84 Å². The summed E-state index contributed by atoms with van der Waals surface area (Å²) in [6.07, 6.45) is 0. The topological polar surface area (TPSA) is 29.5 Å². The van der Waals surface area contributed by atoms with E-state index >= 15 is 0 Å². The Hall–Kier alpha value is -1.96. The van der Waals surface area contributed by atoms with Crippen LogP contribution in [0.5, 0.6) is 17.2 Å². The van der Waals surface area contributed by atoms with Gasteiger partial charge in [-0.2, -0.15) is 0 Å². The quantitative estimate of drug-likeness (QED) is 0.722. The summed E-state index contributed by atoms with van der Waals surface area (Å²) in [5.41, 5.74) is 2.21. The molecule has 2 aromatic rings. The van der Waals surface area contributed by atoms with E-state index < -0.39 is 0 Å². The van der Waals surface area contributed by atoms with Crippen LogP contribution in [0.15, 0.2) is 42.5 Å². The SMILES string of the molecule is CC1c2ccccc2Oc2ccc(O)cc21. The number of hydrogen-bond donors (Lipinski definition) is 1. The molecule has 3 rings (SSSR count). The Bertz CT molecular complexity index is 546. The van der Waals surface area contributed by atoms with Crippen LogP contribution in [0, 0.1) is 0 Å². The van der Waals surface area contributed by atoms with Gasteiger partial charge in [0.2, 0.25) is 0 Å². The number of fused-ring (bicyclic) bond motifs is 2. The number of para-hydroxylation sites is 1. The summed E-state index contributed by atoms with van der Waals surface area (Å²) in [4.78, 5) is 0. The first-order valence-corrected chi connectivity index (χ1v) is 5.35. The molecular weight excluding hydrogens is 200 g/mol. The van der Waals surface area contributed by atoms with Crippen LogP contribution in [-0.2, 0) is 0 Å². The Morgan fingerprint density at radius 1 is 1.00 bits per heavy atom. The second-order valence-corrected chi connectivity index (χ2v) is 4.08. The normalized spacial score (nSPS) is 17.2. The highest BCUT2D eigenvalue weighted by Crippen LogP contribution is 2.44. The summed E-state index contributed by atoms with van der Waals surface area (Å²) < 4.78 is 5.79. The summed E-state index contributed by atoms with van der Waals surface area (Å²) >= 11 is 0. The van der Waals surface area contributed by atoms with Gasteiger partial charge >= 0.3 is 0 Å². The van der Waals surface area contributed by atoms with E-state index in [-0.39, 0.29) is 11.7 Å². The summed E-state index contributed by atoms with van der Waals surface area (Å²) in [7, 11) is 0. The first-order chi connectivity index (χ1) is 7.75. The molecule has 1 aliphatic rings. The van der Waals surface area contributed by atoms with Crippen molar-refractivity contribution in [2.24, 2.45) is 0 Å². The van der Waals surface area contributed by atoms with Crippen molar-refractivity contribution < 1.29 is 9.84 Å². The van der Waals surface area contributed by atoms with Crippen LogP contribution < -0.4 is 4.74 Å². The Labute approximate surface area is 94.1 Å². The maximum atomic E-state index is 9.50. The van der Waals surface area contributed by atoms with Crippen LogP contribution in [0.2, 0.25) is 0 Å². The van der Waals surface area contributed by atoms with E-state index in [2.05, 4.69) is 13.0 Å². The Morgan fingerprint density at radius 3 is 2.62 bits per heavy atom. The minimum atomic E-state index is 0.257. The second kappa shape index (κ2) is 3.27. The maximum absolute atomic E-state index is 9.50. The van der Waals surface area contributed by atoms with Gasteiger partial charge in [0.1, 0.15) is 17.2 Å². The molecule has 2 heteroatoms. The largest absolute Gasteiger partial charge is 0.508 e. The molecule has 0 aliphatic carbocycles. The molecule has 0 bridgehead atoms. The van der Waals surface area contributed by atoms with Crippen molar-refractivity contribution >= 4 is 0 Å². The molecule has 0 radical (unpaired) electrons. The molecule has 0 saturated carbocycles. The maximum Gasteiger partial charge on any atom is 0.131 e. The van der Waals surface area contributed by atoms with E-state index in [4.69, 9.17) is 4.74 Å². The van der Waals surface area contributed by atoms with E-state index in [1.807, 2.05) is 24.3 Å². The minimum Gasteiger partial charge on any atom is -0.508 e. The molecule has 80 valence electrons. The van der Waals surface area contributed by atoms with Crippen LogP contribution in [0.1, 0.15) is 24.0 Å². The monoisotopic (exact) mass is 212 g/mol. The highest BCUT2D eigenvalue weighted by atomic mass is 16.5. The van der Waals surface area contributed by atoms with Crippen molar-refractivity contribution in [1.29, 1.82) is 0 Å². The Balaban J connectivity index is 2.19. The molecule has 0 spiro atoms. The number of ether oxygens (including phenoxy) is 1. The minimum absolute atomic E-state index is 0.257. The summed E-state index contributed by atoms with van der Waals surface area (Å²) in [6, 6.07) is 13.3. The number of phenols is 1. The fourth-order valence-electron chi connectivity index (χ4n) is 2.18. The van der Waals surface area contributed by atoms with Crippen LogP contribution >= 0.6 is 0 Å². The van der Waals surface area contributed by atoms with Gasteiger partial charge in [-0.05, 0) is 24.3 Å². The van der Waals surface area contributed by atoms with Crippen molar-refractivity contribution in [2.45, 2.75) is 12.8 Å². The fourth-order valence-corrected chi connectivity index (χ4v) is 2.18. The lowest BCUT2D eigenvalue weighted by molar-refractivity contribution is 0.440. The van der Waals surface area contributed by atoms with Gasteiger partial charge in [-0.25, -0.2) is 0 Å². The molecule has 1 atom stereocenters. The first kappa shape index (κ1) is 9.28. The van der Waals surface area contributed by atoms with E-state index in [1.165, 1.54) is 5.56 Å². The third-order valence-corrected chi connectivity index (χ3v) is 3.07. The van der Waals surface area contributed by atoms with E-state index in [0.29, 0.717) is 0 Å². The number of rotatable bonds is 0. The molecule has 0 fully saturated rings. The lowest BCUT2D eigenvalue weighted by Gasteiger charge is -2.25. The third kappa shape index (κ3) is 1.27. The fraction of sp³-hybridized carbons (Fsp3) is 0.143. The predicted molar refractivity (Wildman–Crippen MR) is 62.1 cm³/mol. The van der Waals surface area contributed by atoms with Crippen LogP contribution in [0.25, 0.3) is 0 Å². The molecule has 2 nitrogen and oxygen atoms in total. The van der Waals surface area contributed by atoms with Crippen molar-refractivity contribution in [2.75, 3.05) is 0 Å². The summed E-state index contributed by atoms with van der Waals surface area (Å²) in [5, 5.41) is 9.50. The van der Waals surface area contributed by atoms with Crippen molar-refractivity contribution in [1.82, 2.24) is 0 Å². The first-order valence-electron chi connectivity index (χ1n) is 5.35. The number of phenolic OH excluding ortho intramolecular Hbond substituents is 1. The highest BCUT2D eigenvalue weighted by molar-refractivity contribution is 5.54. The predicted octanol–water partition coefficient (Wildman–Crippen LogP) is 3.65. The molecule has 0 saturated heterocycles. The molecule has 2 aromatic carbocycles. The van der Waals surface area contributed by atoms with Crippen LogP contribution in [-0.4, -0.2) is 5.11 Å². The lowest BCUT2D eigenvalue weighted by atomic mass is 9.89.